The Labute approximate surface area is 98.3 Å². The highest BCUT2D eigenvalue weighted by molar-refractivity contribution is 9.09. The Kier molecular flexibility index (Phi) is 4.24. The number of halogens is 1. The molecule has 0 spiro atoms. The quantitative estimate of drug-likeness (QED) is 0.533. The van der Waals surface area contributed by atoms with Crippen LogP contribution in [0.2, 0.25) is 18.1 Å². The normalized spacial score (nSPS) is 20.1. The second-order valence-electron chi connectivity index (χ2n) is 5.55. The third-order valence-corrected chi connectivity index (χ3v) is 7.36. The molecule has 0 aromatic rings. The van der Waals surface area contributed by atoms with Gasteiger partial charge in [-0.25, -0.2) is 0 Å². The predicted molar refractivity (Wildman–Crippen MR) is 69.2 cm³/mol. The lowest BCUT2D eigenvalue weighted by molar-refractivity contribution is 0.0178. The van der Waals surface area contributed by atoms with Gasteiger partial charge < -0.3 is 4.74 Å². The van der Waals surface area contributed by atoms with E-state index in [-0.39, 0.29) is 5.60 Å². The molecule has 84 valence electrons. The highest BCUT2D eigenvalue weighted by Crippen LogP contribution is 2.45. The molecule has 0 amide bonds. The van der Waals surface area contributed by atoms with Gasteiger partial charge in [0.15, 0.2) is 0 Å². The van der Waals surface area contributed by atoms with E-state index in [4.69, 9.17) is 4.74 Å². The van der Waals surface area contributed by atoms with Crippen molar-refractivity contribution < 1.29 is 4.74 Å². The molecule has 0 bridgehead atoms. The summed E-state index contributed by atoms with van der Waals surface area (Å²) in [4.78, 5) is 0. The van der Waals surface area contributed by atoms with Crippen molar-refractivity contribution in [2.75, 3.05) is 11.9 Å². The number of hydrogen-bond donors (Lipinski definition) is 0. The topological polar surface area (TPSA) is 9.23 Å². The SMILES string of the molecule is C[SiH](C)C(C)(C)COC1(CCBr)CC1. The number of alkyl halides is 1. The van der Waals surface area contributed by atoms with Gasteiger partial charge in [-0.1, -0.05) is 42.9 Å². The molecule has 1 rings (SSSR count). The highest BCUT2D eigenvalue weighted by Gasteiger charge is 2.44. The minimum Gasteiger partial charge on any atom is -0.375 e. The maximum atomic E-state index is 6.11. The van der Waals surface area contributed by atoms with Crippen LogP contribution in [0.4, 0.5) is 0 Å². The smallest absolute Gasteiger partial charge is 0.0692 e. The van der Waals surface area contributed by atoms with Crippen LogP contribution in [-0.4, -0.2) is 26.3 Å². The van der Waals surface area contributed by atoms with Crippen LogP contribution in [0.3, 0.4) is 0 Å². The van der Waals surface area contributed by atoms with Crippen molar-refractivity contribution in [2.24, 2.45) is 0 Å². The van der Waals surface area contributed by atoms with Crippen molar-refractivity contribution in [3.8, 4) is 0 Å². The summed E-state index contributed by atoms with van der Waals surface area (Å²) in [5.74, 6) is 0. The Morgan fingerprint density at radius 3 is 2.29 bits per heavy atom. The molecule has 1 nitrogen and oxygen atoms in total. The Bertz CT molecular complexity index is 188. The van der Waals surface area contributed by atoms with Crippen LogP contribution in [0.5, 0.6) is 0 Å². The third kappa shape index (κ3) is 3.35. The van der Waals surface area contributed by atoms with Gasteiger partial charge in [-0.15, -0.1) is 0 Å². The summed E-state index contributed by atoms with van der Waals surface area (Å²) >= 11 is 3.50. The second kappa shape index (κ2) is 4.66. The van der Waals surface area contributed by atoms with Crippen molar-refractivity contribution in [3.63, 3.8) is 0 Å². The lowest BCUT2D eigenvalue weighted by atomic mass is 10.2. The van der Waals surface area contributed by atoms with Crippen molar-refractivity contribution in [2.45, 2.75) is 56.8 Å². The summed E-state index contributed by atoms with van der Waals surface area (Å²) in [5.41, 5.74) is 0.268. The first-order valence-electron chi connectivity index (χ1n) is 5.62. The van der Waals surface area contributed by atoms with Crippen LogP contribution >= 0.6 is 15.9 Å². The van der Waals surface area contributed by atoms with Gasteiger partial charge in [-0.05, 0) is 24.3 Å². The van der Waals surface area contributed by atoms with Gasteiger partial charge in [0.1, 0.15) is 0 Å². The predicted octanol–water partition coefficient (Wildman–Crippen LogP) is 3.59. The molecule has 0 unspecified atom stereocenters. The standard InChI is InChI=1S/C11H23BrOSi/c1-10(2,14(3)4)9-13-11(5-6-11)7-8-12/h14H,5-9H2,1-4H3. The molecule has 14 heavy (non-hydrogen) atoms. The summed E-state index contributed by atoms with van der Waals surface area (Å²) in [6, 6.07) is 0. The third-order valence-electron chi connectivity index (χ3n) is 3.67. The first-order chi connectivity index (χ1) is 6.42. The van der Waals surface area contributed by atoms with Gasteiger partial charge in [0, 0.05) is 20.7 Å². The zero-order valence-corrected chi connectivity index (χ0v) is 12.6. The van der Waals surface area contributed by atoms with Crippen molar-refractivity contribution in [1.29, 1.82) is 0 Å². The first-order valence-corrected chi connectivity index (χ1v) is 9.63. The molecule has 3 heteroatoms. The summed E-state index contributed by atoms with van der Waals surface area (Å²) in [6.07, 6.45) is 3.73. The lowest BCUT2D eigenvalue weighted by Crippen LogP contribution is -2.29. The molecule has 0 aromatic carbocycles. The molecule has 0 aromatic heterocycles. The monoisotopic (exact) mass is 278 g/mol. The van der Waals surface area contributed by atoms with Gasteiger partial charge in [-0.2, -0.15) is 0 Å². The fraction of sp³-hybridized carbons (Fsp3) is 1.00. The molecule has 0 heterocycles. The molecule has 0 radical (unpaired) electrons. The van der Waals surface area contributed by atoms with E-state index in [2.05, 4.69) is 42.9 Å². The van der Waals surface area contributed by atoms with Gasteiger partial charge >= 0.3 is 0 Å². The number of ether oxygens (including phenoxy) is 1. The molecule has 1 saturated carbocycles. The van der Waals surface area contributed by atoms with Gasteiger partial charge in [-0.3, -0.25) is 0 Å². The molecular weight excluding hydrogens is 256 g/mol. The highest BCUT2D eigenvalue weighted by atomic mass is 79.9. The van der Waals surface area contributed by atoms with E-state index < -0.39 is 8.80 Å². The molecule has 1 aliphatic carbocycles. The summed E-state index contributed by atoms with van der Waals surface area (Å²) < 4.78 is 6.11. The lowest BCUT2D eigenvalue weighted by Gasteiger charge is -2.30. The van der Waals surface area contributed by atoms with E-state index in [1.54, 1.807) is 0 Å². The van der Waals surface area contributed by atoms with E-state index in [0.717, 1.165) is 11.9 Å². The zero-order chi connectivity index (χ0) is 10.8. The van der Waals surface area contributed by atoms with Crippen LogP contribution in [0.1, 0.15) is 33.1 Å². The van der Waals surface area contributed by atoms with Crippen molar-refractivity contribution in [1.82, 2.24) is 0 Å². The van der Waals surface area contributed by atoms with Crippen molar-refractivity contribution >= 4 is 24.7 Å². The minimum atomic E-state index is -0.598. The maximum absolute atomic E-state index is 6.11. The molecule has 0 atom stereocenters. The van der Waals surface area contributed by atoms with E-state index in [0.29, 0.717) is 5.04 Å². The molecule has 0 N–H and O–H groups in total. The van der Waals surface area contributed by atoms with Gasteiger partial charge in [0.05, 0.1) is 5.60 Å². The summed E-state index contributed by atoms with van der Waals surface area (Å²) in [6.45, 7) is 10.5. The van der Waals surface area contributed by atoms with Crippen LogP contribution in [0, 0.1) is 0 Å². The largest absolute Gasteiger partial charge is 0.375 e. The average Bonchev–Trinajstić information content (AvgIpc) is 2.83. The zero-order valence-electron chi connectivity index (χ0n) is 9.90. The fourth-order valence-electron chi connectivity index (χ4n) is 1.28. The summed E-state index contributed by atoms with van der Waals surface area (Å²) in [7, 11) is -0.598. The fourth-order valence-corrected chi connectivity index (χ4v) is 2.42. The van der Waals surface area contributed by atoms with Crippen molar-refractivity contribution in [3.05, 3.63) is 0 Å². The maximum Gasteiger partial charge on any atom is 0.0692 e. The second-order valence-corrected chi connectivity index (χ2v) is 10.2. The van der Waals surface area contributed by atoms with Crippen LogP contribution < -0.4 is 0 Å². The number of rotatable bonds is 6. The van der Waals surface area contributed by atoms with Crippen LogP contribution in [0.25, 0.3) is 0 Å². The first kappa shape index (κ1) is 12.7. The average molecular weight is 279 g/mol. The van der Waals surface area contributed by atoms with Crippen LogP contribution in [-0.2, 0) is 4.74 Å². The Balaban J connectivity index is 2.33. The Hall–Kier alpha value is 0.657. The van der Waals surface area contributed by atoms with Gasteiger partial charge in [0.25, 0.3) is 0 Å². The van der Waals surface area contributed by atoms with E-state index in [1.807, 2.05) is 0 Å². The van der Waals surface area contributed by atoms with E-state index in [9.17, 15) is 0 Å². The molecule has 0 saturated heterocycles. The summed E-state index contributed by atoms with van der Waals surface area (Å²) in [5, 5.41) is 1.52. The molecular formula is C11H23BrOSi. The molecule has 1 aliphatic rings. The van der Waals surface area contributed by atoms with Crippen LogP contribution in [0.15, 0.2) is 0 Å². The van der Waals surface area contributed by atoms with E-state index in [1.165, 1.54) is 19.3 Å². The van der Waals surface area contributed by atoms with E-state index >= 15 is 0 Å². The molecule has 0 aliphatic heterocycles. The van der Waals surface area contributed by atoms with Gasteiger partial charge in [0.2, 0.25) is 0 Å². The Morgan fingerprint density at radius 2 is 1.93 bits per heavy atom. The minimum absolute atomic E-state index is 0.268. The Morgan fingerprint density at radius 1 is 1.36 bits per heavy atom. The number of hydrogen-bond acceptors (Lipinski definition) is 1. The molecule has 1 fully saturated rings.